The molecule has 1 aromatic heterocycles. The van der Waals surface area contributed by atoms with E-state index < -0.39 is 0 Å². The molecule has 0 fully saturated rings. The Hall–Kier alpha value is -2.17. The number of methoxy groups -OCH3 is 2. The molecule has 5 nitrogen and oxygen atoms in total. The second-order valence-corrected chi connectivity index (χ2v) is 3.89. The summed E-state index contributed by atoms with van der Waals surface area (Å²) >= 11 is 0. The van der Waals surface area contributed by atoms with Gasteiger partial charge in [-0.15, -0.1) is 0 Å². The van der Waals surface area contributed by atoms with Crippen molar-refractivity contribution in [2.45, 2.75) is 13.5 Å². The van der Waals surface area contributed by atoms with Crippen LogP contribution in [0.2, 0.25) is 0 Å². The van der Waals surface area contributed by atoms with Gasteiger partial charge in [-0.05, 0) is 25.1 Å². The fourth-order valence-corrected chi connectivity index (χ4v) is 2.11. The molecule has 18 heavy (non-hydrogen) atoms. The molecule has 0 aliphatic carbocycles. The summed E-state index contributed by atoms with van der Waals surface area (Å²) in [5, 5.41) is 0.810. The van der Waals surface area contributed by atoms with Crippen LogP contribution in [-0.2, 0) is 6.54 Å². The first-order valence-electron chi connectivity index (χ1n) is 5.68. The normalized spacial score (nSPS) is 10.6. The maximum atomic E-state index is 12.3. The topological polar surface area (TPSA) is 66.5 Å². The number of aromatic nitrogens is 1. The zero-order valence-electron chi connectivity index (χ0n) is 10.7. The van der Waals surface area contributed by atoms with Crippen molar-refractivity contribution in [3.63, 3.8) is 0 Å². The molecule has 0 aliphatic heterocycles. The zero-order chi connectivity index (χ0) is 13.3. The summed E-state index contributed by atoms with van der Waals surface area (Å²) in [7, 11) is 2.98. The van der Waals surface area contributed by atoms with Gasteiger partial charge < -0.3 is 19.8 Å². The van der Waals surface area contributed by atoms with E-state index in [1.165, 1.54) is 14.2 Å². The number of fused-ring (bicyclic) bond motifs is 1. The van der Waals surface area contributed by atoms with Crippen LogP contribution in [0.25, 0.3) is 10.9 Å². The minimum Gasteiger partial charge on any atom is -0.492 e. The third-order valence-electron chi connectivity index (χ3n) is 2.93. The van der Waals surface area contributed by atoms with Crippen LogP contribution in [0.5, 0.6) is 11.5 Å². The molecule has 0 saturated carbocycles. The van der Waals surface area contributed by atoms with Crippen LogP contribution in [0, 0.1) is 0 Å². The SMILES string of the molecule is CCn1c(=O)c(OC)c(OC)c2ccc(N)cc21. The molecule has 0 saturated heterocycles. The summed E-state index contributed by atoms with van der Waals surface area (Å²) in [6.07, 6.45) is 0. The highest BCUT2D eigenvalue weighted by atomic mass is 16.5. The van der Waals surface area contributed by atoms with Gasteiger partial charge in [0.1, 0.15) is 0 Å². The maximum Gasteiger partial charge on any atom is 0.297 e. The lowest BCUT2D eigenvalue weighted by molar-refractivity contribution is 0.351. The van der Waals surface area contributed by atoms with Gasteiger partial charge in [0.25, 0.3) is 5.56 Å². The predicted octanol–water partition coefficient (Wildman–Crippen LogP) is 1.62. The van der Waals surface area contributed by atoms with E-state index in [2.05, 4.69) is 0 Å². The molecule has 2 rings (SSSR count). The summed E-state index contributed by atoms with van der Waals surface area (Å²) in [6.45, 7) is 2.44. The Morgan fingerprint density at radius 2 is 1.89 bits per heavy atom. The van der Waals surface area contributed by atoms with Crippen LogP contribution in [0.4, 0.5) is 5.69 Å². The average Bonchev–Trinajstić information content (AvgIpc) is 2.37. The largest absolute Gasteiger partial charge is 0.492 e. The summed E-state index contributed by atoms with van der Waals surface area (Å²) in [5.74, 6) is 0.666. The van der Waals surface area contributed by atoms with Crippen molar-refractivity contribution in [3.05, 3.63) is 28.6 Å². The number of anilines is 1. The van der Waals surface area contributed by atoms with Gasteiger partial charge in [-0.25, -0.2) is 0 Å². The van der Waals surface area contributed by atoms with Crippen molar-refractivity contribution in [2.75, 3.05) is 20.0 Å². The van der Waals surface area contributed by atoms with E-state index in [1.54, 1.807) is 16.7 Å². The van der Waals surface area contributed by atoms with Crippen LogP contribution in [0.15, 0.2) is 23.0 Å². The number of nitrogens with two attached hydrogens (primary N) is 1. The number of hydrogen-bond acceptors (Lipinski definition) is 4. The third-order valence-corrected chi connectivity index (χ3v) is 2.93. The number of aryl methyl sites for hydroxylation is 1. The summed E-state index contributed by atoms with van der Waals surface area (Å²) in [6, 6.07) is 5.37. The molecule has 0 aliphatic rings. The Morgan fingerprint density at radius 3 is 2.44 bits per heavy atom. The summed E-state index contributed by atoms with van der Waals surface area (Å²) < 4.78 is 12.1. The highest BCUT2D eigenvalue weighted by molar-refractivity contribution is 5.90. The first-order valence-corrected chi connectivity index (χ1v) is 5.68. The molecule has 96 valence electrons. The molecule has 0 spiro atoms. The molecule has 2 N–H and O–H groups in total. The number of benzene rings is 1. The van der Waals surface area contributed by atoms with Gasteiger partial charge in [0.15, 0.2) is 5.75 Å². The van der Waals surface area contributed by atoms with E-state index in [0.717, 1.165) is 10.9 Å². The fraction of sp³-hybridized carbons (Fsp3) is 0.308. The quantitative estimate of drug-likeness (QED) is 0.838. The summed E-state index contributed by atoms with van der Waals surface area (Å²) in [5.41, 5.74) is 6.92. The van der Waals surface area contributed by atoms with Crippen LogP contribution >= 0.6 is 0 Å². The minimum absolute atomic E-state index is 0.213. The number of nitrogen functional groups attached to an aromatic ring is 1. The van der Waals surface area contributed by atoms with E-state index in [0.29, 0.717) is 18.0 Å². The Balaban J connectivity index is 3.01. The monoisotopic (exact) mass is 248 g/mol. The minimum atomic E-state index is -0.213. The number of pyridine rings is 1. The molecule has 5 heteroatoms. The molecular formula is C13H16N2O3. The molecule has 0 atom stereocenters. The van der Waals surface area contributed by atoms with Crippen molar-refractivity contribution >= 4 is 16.6 Å². The maximum absolute atomic E-state index is 12.3. The molecular weight excluding hydrogens is 232 g/mol. The Labute approximate surface area is 105 Å². The van der Waals surface area contributed by atoms with Crippen LogP contribution in [-0.4, -0.2) is 18.8 Å². The van der Waals surface area contributed by atoms with Crippen molar-refractivity contribution < 1.29 is 9.47 Å². The summed E-state index contributed by atoms with van der Waals surface area (Å²) in [4.78, 5) is 12.3. The molecule has 1 heterocycles. The number of hydrogen-bond donors (Lipinski definition) is 1. The Bertz CT molecular complexity index is 647. The number of nitrogens with zero attached hydrogens (tertiary/aromatic N) is 1. The highest BCUT2D eigenvalue weighted by Gasteiger charge is 2.17. The van der Waals surface area contributed by atoms with E-state index in [-0.39, 0.29) is 11.3 Å². The lowest BCUT2D eigenvalue weighted by Gasteiger charge is -2.15. The number of rotatable bonds is 3. The van der Waals surface area contributed by atoms with Crippen LogP contribution in [0.1, 0.15) is 6.92 Å². The zero-order valence-corrected chi connectivity index (χ0v) is 10.7. The lowest BCUT2D eigenvalue weighted by Crippen LogP contribution is -2.22. The highest BCUT2D eigenvalue weighted by Crippen LogP contribution is 2.33. The molecule has 0 radical (unpaired) electrons. The lowest BCUT2D eigenvalue weighted by atomic mass is 10.1. The van der Waals surface area contributed by atoms with Gasteiger partial charge in [-0.3, -0.25) is 4.79 Å². The molecule has 1 aromatic carbocycles. The average molecular weight is 248 g/mol. The molecule has 2 aromatic rings. The van der Waals surface area contributed by atoms with Crippen LogP contribution < -0.4 is 20.8 Å². The van der Waals surface area contributed by atoms with E-state index in [4.69, 9.17) is 15.2 Å². The van der Waals surface area contributed by atoms with Crippen molar-refractivity contribution in [1.29, 1.82) is 0 Å². The second kappa shape index (κ2) is 4.60. The first-order chi connectivity index (χ1) is 8.63. The van der Waals surface area contributed by atoms with E-state index >= 15 is 0 Å². The van der Waals surface area contributed by atoms with Crippen LogP contribution in [0.3, 0.4) is 0 Å². The van der Waals surface area contributed by atoms with E-state index in [1.807, 2.05) is 13.0 Å². The fourth-order valence-electron chi connectivity index (χ4n) is 2.11. The molecule has 0 bridgehead atoms. The standard InChI is InChI=1S/C13H16N2O3/c1-4-15-10-7-8(14)5-6-9(10)11(17-2)12(18-3)13(15)16/h5-7H,4,14H2,1-3H3. The van der Waals surface area contributed by atoms with Crippen molar-refractivity contribution in [2.24, 2.45) is 0 Å². The van der Waals surface area contributed by atoms with Crippen molar-refractivity contribution in [3.8, 4) is 11.5 Å². The van der Waals surface area contributed by atoms with Gasteiger partial charge in [0.2, 0.25) is 5.75 Å². The smallest absolute Gasteiger partial charge is 0.297 e. The number of ether oxygens (including phenoxy) is 2. The van der Waals surface area contributed by atoms with E-state index in [9.17, 15) is 4.79 Å². The third kappa shape index (κ3) is 1.68. The van der Waals surface area contributed by atoms with Gasteiger partial charge in [-0.1, -0.05) is 0 Å². The van der Waals surface area contributed by atoms with Gasteiger partial charge >= 0.3 is 0 Å². The predicted molar refractivity (Wildman–Crippen MR) is 71.4 cm³/mol. The molecule has 0 unspecified atom stereocenters. The Kier molecular flexibility index (Phi) is 3.14. The van der Waals surface area contributed by atoms with Crippen molar-refractivity contribution in [1.82, 2.24) is 4.57 Å². The second-order valence-electron chi connectivity index (χ2n) is 3.89. The Morgan fingerprint density at radius 1 is 1.22 bits per heavy atom. The van der Waals surface area contributed by atoms with Gasteiger partial charge in [-0.2, -0.15) is 0 Å². The first kappa shape index (κ1) is 12.3. The molecule has 0 amide bonds. The van der Waals surface area contributed by atoms with Gasteiger partial charge in [0, 0.05) is 17.6 Å². The van der Waals surface area contributed by atoms with Gasteiger partial charge in [0.05, 0.1) is 19.7 Å².